The van der Waals surface area contributed by atoms with E-state index in [9.17, 15) is 0 Å². The van der Waals surface area contributed by atoms with Crippen molar-refractivity contribution in [3.8, 4) is 0 Å². The summed E-state index contributed by atoms with van der Waals surface area (Å²) in [6.07, 6.45) is 42.6. The molecule has 0 fully saturated rings. The number of hydrogen-bond acceptors (Lipinski definition) is 2. The van der Waals surface area contributed by atoms with E-state index in [0.29, 0.717) is 11.8 Å². The molecule has 0 saturated heterocycles. The average molecular weight is 578 g/mol. The second-order valence-corrected chi connectivity index (χ2v) is 13.3. The molecule has 1 aromatic rings. The summed E-state index contributed by atoms with van der Waals surface area (Å²) in [5.41, 5.74) is 1.48. The van der Waals surface area contributed by atoms with Gasteiger partial charge in [-0.15, -0.1) is 0 Å². The van der Waals surface area contributed by atoms with Gasteiger partial charge in [-0.25, -0.2) is 0 Å². The van der Waals surface area contributed by atoms with Crippen molar-refractivity contribution in [2.24, 2.45) is 21.8 Å². The van der Waals surface area contributed by atoms with Gasteiger partial charge in [0.2, 0.25) is 6.17 Å². The molecule has 1 aliphatic heterocycles. The Morgan fingerprint density at radius 2 is 0.857 bits per heavy atom. The van der Waals surface area contributed by atoms with Crippen LogP contribution in [0.3, 0.4) is 0 Å². The molecule has 0 aliphatic carbocycles. The van der Waals surface area contributed by atoms with Crippen LogP contribution in [0.15, 0.2) is 40.3 Å². The fraction of sp³-hybridized carbons (Fsp3) is 0.775. The summed E-state index contributed by atoms with van der Waals surface area (Å²) in [6.45, 7) is 4.61. The number of unbranched alkanes of at least 4 members (excludes halogenated alkanes) is 22. The van der Waals surface area contributed by atoms with Crippen molar-refractivity contribution < 1.29 is 0 Å². The minimum absolute atomic E-state index is 0.497. The average Bonchev–Trinajstić information content (AvgIpc) is 3.55. The molecule has 2 rings (SSSR count). The first kappa shape index (κ1) is 36.6. The van der Waals surface area contributed by atoms with Crippen molar-refractivity contribution in [3.63, 3.8) is 0 Å². The Labute approximate surface area is 263 Å². The fourth-order valence-corrected chi connectivity index (χ4v) is 6.83. The quantitative estimate of drug-likeness (QED) is 0.0641. The molecule has 1 aromatic carbocycles. The van der Waals surface area contributed by atoms with E-state index < -0.39 is 0 Å². The first-order chi connectivity index (χ1) is 20.8. The Hall–Kier alpha value is -1.57. The molecule has 2 nitrogen and oxygen atoms in total. The van der Waals surface area contributed by atoms with Crippen LogP contribution in [-0.4, -0.2) is 12.4 Å². The molecule has 0 aromatic heterocycles. The maximum atomic E-state index is 4.75. The van der Waals surface area contributed by atoms with Crippen LogP contribution >= 0.6 is 0 Å². The molecule has 1 aliphatic rings. The number of rotatable bonds is 30. The Morgan fingerprint density at radius 1 is 0.476 bits per heavy atom. The van der Waals surface area contributed by atoms with E-state index in [-0.39, 0.29) is 0 Å². The smallest absolute Gasteiger partial charge is 0.0965 e. The zero-order valence-electron chi connectivity index (χ0n) is 28.2. The van der Waals surface area contributed by atoms with Crippen molar-refractivity contribution in [2.75, 3.05) is 0 Å². The highest BCUT2D eigenvalue weighted by Gasteiger charge is 2.35. The summed E-state index contributed by atoms with van der Waals surface area (Å²) in [7, 11) is 0. The van der Waals surface area contributed by atoms with Gasteiger partial charge in [0.1, 0.15) is 0 Å². The van der Waals surface area contributed by atoms with Crippen molar-refractivity contribution >= 4 is 12.4 Å². The number of hydrogen-bond donors (Lipinski definition) is 0. The summed E-state index contributed by atoms with van der Waals surface area (Å²) in [5, 5.41) is 0. The van der Waals surface area contributed by atoms with E-state index in [1.165, 1.54) is 173 Å². The summed E-state index contributed by atoms with van der Waals surface area (Å²) in [5.74, 6) is 1.14. The third kappa shape index (κ3) is 18.9. The molecule has 0 amide bonds. The lowest BCUT2D eigenvalue weighted by atomic mass is 9.78. The van der Waals surface area contributed by atoms with Crippen LogP contribution in [0.2, 0.25) is 0 Å². The molecular formula is C40H69N2+. The summed E-state index contributed by atoms with van der Waals surface area (Å²) >= 11 is 0. The summed E-state index contributed by atoms with van der Waals surface area (Å²) in [6, 6.07) is 11.2. The molecule has 0 saturated carbocycles. The van der Waals surface area contributed by atoms with Crippen LogP contribution in [0.25, 0.3) is 0 Å². The van der Waals surface area contributed by atoms with E-state index in [4.69, 9.17) is 9.98 Å². The van der Waals surface area contributed by atoms with Gasteiger partial charge in [-0.05, 0) is 30.7 Å². The molecule has 0 N–H and O–H groups in total. The first-order valence-electron chi connectivity index (χ1n) is 18.8. The van der Waals surface area contributed by atoms with Gasteiger partial charge in [0, 0.05) is 0 Å². The third-order valence-corrected chi connectivity index (χ3v) is 9.52. The minimum Gasteiger partial charge on any atom is -0.0965 e. The Balaban J connectivity index is 1.67. The van der Waals surface area contributed by atoms with E-state index in [0.717, 1.165) is 12.6 Å². The second kappa shape index (κ2) is 27.0. The van der Waals surface area contributed by atoms with Crippen molar-refractivity contribution in [2.45, 2.75) is 187 Å². The van der Waals surface area contributed by atoms with Gasteiger partial charge in [0.05, 0.1) is 5.92 Å². The summed E-state index contributed by atoms with van der Waals surface area (Å²) < 4.78 is 0. The van der Waals surface area contributed by atoms with Crippen molar-refractivity contribution in [1.29, 1.82) is 0 Å². The van der Waals surface area contributed by atoms with Crippen LogP contribution in [-0.2, 0) is 6.42 Å². The molecule has 2 atom stereocenters. The van der Waals surface area contributed by atoms with Crippen molar-refractivity contribution in [1.82, 2.24) is 0 Å². The SMILES string of the molecule is CCCCCCCCCCCCCCCCCC([C+]1N=CC=N1)C(CCCCCCCCCCC)Cc1ccccc1. The number of benzene rings is 1. The first-order valence-corrected chi connectivity index (χ1v) is 18.8. The predicted octanol–water partition coefficient (Wildman–Crippen LogP) is 13.3. The van der Waals surface area contributed by atoms with E-state index in [1.807, 2.05) is 12.4 Å². The molecule has 42 heavy (non-hydrogen) atoms. The molecular weight excluding hydrogens is 508 g/mol. The van der Waals surface area contributed by atoms with Gasteiger partial charge >= 0.3 is 0 Å². The second-order valence-electron chi connectivity index (χ2n) is 13.3. The van der Waals surface area contributed by atoms with Gasteiger partial charge < -0.3 is 0 Å². The van der Waals surface area contributed by atoms with Gasteiger partial charge in [-0.3, -0.25) is 0 Å². The number of aliphatic imine (C=N–C) groups is 2. The standard InChI is InChI=1S/C40H69N2/c1-3-5-7-9-11-13-14-15-16-17-18-20-22-24-29-33-39(40-41-34-35-42-40)38(36-37-30-26-25-27-31-37)32-28-23-21-19-12-10-8-6-4-2/h25-27,30-31,34-35,38-39H,3-24,28-29,32-33,36H2,1-2H3/q+1. The third-order valence-electron chi connectivity index (χ3n) is 9.52. The highest BCUT2D eigenvalue weighted by atomic mass is 15.0. The normalized spacial score (nSPS) is 14.2. The van der Waals surface area contributed by atoms with Gasteiger partial charge in [-0.1, -0.05) is 208 Å². The highest BCUT2D eigenvalue weighted by molar-refractivity contribution is 6.18. The van der Waals surface area contributed by atoms with Crippen LogP contribution in [0, 0.1) is 18.0 Å². The minimum atomic E-state index is 0.497. The van der Waals surface area contributed by atoms with Crippen LogP contribution in [0.4, 0.5) is 0 Å². The van der Waals surface area contributed by atoms with E-state index in [2.05, 4.69) is 44.2 Å². The lowest BCUT2D eigenvalue weighted by molar-refractivity contribution is 0.284. The van der Waals surface area contributed by atoms with E-state index in [1.54, 1.807) is 0 Å². The van der Waals surface area contributed by atoms with Crippen molar-refractivity contribution in [3.05, 3.63) is 42.1 Å². The molecule has 2 unspecified atom stereocenters. The monoisotopic (exact) mass is 578 g/mol. The van der Waals surface area contributed by atoms with Crippen LogP contribution in [0.5, 0.6) is 0 Å². The maximum absolute atomic E-state index is 4.75. The lowest BCUT2D eigenvalue weighted by Gasteiger charge is -2.26. The summed E-state index contributed by atoms with van der Waals surface area (Å²) in [4.78, 5) is 9.50. The molecule has 1 heterocycles. The largest absolute Gasteiger partial charge is 0.244 e. The zero-order chi connectivity index (χ0) is 29.8. The predicted molar refractivity (Wildman–Crippen MR) is 189 cm³/mol. The Kier molecular flexibility index (Phi) is 23.6. The van der Waals surface area contributed by atoms with Gasteiger partial charge in [-0.2, -0.15) is 0 Å². The molecule has 0 radical (unpaired) electrons. The zero-order valence-corrected chi connectivity index (χ0v) is 28.2. The molecule has 238 valence electrons. The molecule has 2 heteroatoms. The fourth-order valence-electron chi connectivity index (χ4n) is 6.83. The van der Waals surface area contributed by atoms with Gasteiger partial charge in [0.25, 0.3) is 0 Å². The molecule has 0 spiro atoms. The van der Waals surface area contributed by atoms with Gasteiger partial charge in [0.15, 0.2) is 12.4 Å². The Bertz CT molecular complexity index is 742. The topological polar surface area (TPSA) is 24.7 Å². The number of nitrogens with zero attached hydrogens (tertiary/aromatic N) is 2. The Morgan fingerprint density at radius 3 is 1.29 bits per heavy atom. The van der Waals surface area contributed by atoms with Crippen LogP contribution in [0.1, 0.15) is 186 Å². The maximum Gasteiger partial charge on any atom is 0.244 e. The highest BCUT2D eigenvalue weighted by Crippen LogP contribution is 2.37. The lowest BCUT2D eigenvalue weighted by Crippen LogP contribution is -2.22. The van der Waals surface area contributed by atoms with Crippen LogP contribution < -0.4 is 0 Å². The molecule has 0 bridgehead atoms. The van der Waals surface area contributed by atoms with E-state index >= 15 is 0 Å².